The lowest BCUT2D eigenvalue weighted by Gasteiger charge is -2.33. The van der Waals surface area contributed by atoms with E-state index in [2.05, 4.69) is 18.5 Å². The van der Waals surface area contributed by atoms with Gasteiger partial charge in [-0.2, -0.15) is 8.62 Å². The van der Waals surface area contributed by atoms with Gasteiger partial charge in [-0.3, -0.25) is 9.42 Å². The van der Waals surface area contributed by atoms with Crippen LogP contribution in [-0.4, -0.2) is 84.8 Å². The molecular weight excluding hydrogens is 495 g/mol. The molecule has 180 valence electrons. The SMILES string of the molecule is CO[C@]1(COP(=O)(O)OP(=O)(O)OP(=O)(O)O)O[C@@H](N2C=CC(O)NC2=O)[C@H](O)[C@@H]1N. The minimum atomic E-state index is -5.76. The van der Waals surface area contributed by atoms with Crippen molar-refractivity contribution < 1.29 is 70.9 Å². The summed E-state index contributed by atoms with van der Waals surface area (Å²) in [4.78, 5) is 48.5. The second kappa shape index (κ2) is 9.23. The normalized spacial score (nSPS) is 35.5. The summed E-state index contributed by atoms with van der Waals surface area (Å²) in [5.41, 5.74) is 5.82. The van der Waals surface area contributed by atoms with Gasteiger partial charge in [0, 0.05) is 13.3 Å². The number of hydrogen-bond acceptors (Lipinski definition) is 12. The maximum Gasteiger partial charge on any atom is 0.490 e. The highest BCUT2D eigenvalue weighted by molar-refractivity contribution is 7.66. The summed E-state index contributed by atoms with van der Waals surface area (Å²) in [6.07, 6.45) is -2.29. The van der Waals surface area contributed by atoms with Crippen molar-refractivity contribution in [1.29, 1.82) is 0 Å². The van der Waals surface area contributed by atoms with Crippen LogP contribution in [0.15, 0.2) is 12.3 Å². The molecule has 7 atom stereocenters. The molecule has 0 saturated carbocycles. The lowest BCUT2D eigenvalue weighted by molar-refractivity contribution is -0.246. The maximum absolute atomic E-state index is 12.0. The molecular formula is C10H20N3O15P3. The van der Waals surface area contributed by atoms with Gasteiger partial charge in [0.15, 0.2) is 6.23 Å². The zero-order valence-corrected chi connectivity index (χ0v) is 18.1. The Bertz CT molecular complexity index is 863. The zero-order chi connectivity index (χ0) is 23.8. The first-order valence-electron chi connectivity index (χ1n) is 7.91. The first-order valence-corrected chi connectivity index (χ1v) is 12.4. The number of rotatable bonds is 9. The predicted octanol–water partition coefficient (Wildman–Crippen LogP) is -2.43. The predicted molar refractivity (Wildman–Crippen MR) is 93.9 cm³/mol. The summed E-state index contributed by atoms with van der Waals surface area (Å²) in [5.74, 6) is -2.21. The number of amides is 2. The zero-order valence-electron chi connectivity index (χ0n) is 15.4. The van der Waals surface area contributed by atoms with Gasteiger partial charge in [0.1, 0.15) is 18.9 Å². The lowest BCUT2D eigenvalue weighted by Crippen LogP contribution is -2.54. The molecule has 0 aromatic heterocycles. The van der Waals surface area contributed by atoms with E-state index in [9.17, 15) is 33.6 Å². The fourth-order valence-corrected chi connectivity index (χ4v) is 5.59. The molecule has 0 aromatic rings. The van der Waals surface area contributed by atoms with Crippen LogP contribution in [0.4, 0.5) is 4.79 Å². The Labute approximate surface area is 173 Å². The number of nitrogens with one attached hydrogen (secondary N) is 1. The third kappa shape index (κ3) is 6.61. The Hall–Kier alpha value is -0.780. The molecule has 2 aliphatic rings. The molecule has 31 heavy (non-hydrogen) atoms. The molecule has 21 heteroatoms. The summed E-state index contributed by atoms with van der Waals surface area (Å²) in [6, 6.07) is -2.42. The van der Waals surface area contributed by atoms with Gasteiger partial charge >= 0.3 is 29.5 Å². The highest BCUT2D eigenvalue weighted by Crippen LogP contribution is 2.66. The van der Waals surface area contributed by atoms with Crippen LogP contribution in [0.1, 0.15) is 0 Å². The molecule has 0 aliphatic carbocycles. The lowest BCUT2D eigenvalue weighted by atomic mass is 10.1. The number of carbonyl (C=O) groups excluding carboxylic acids is 1. The first-order chi connectivity index (χ1) is 14.0. The van der Waals surface area contributed by atoms with Gasteiger partial charge in [-0.05, 0) is 6.08 Å². The summed E-state index contributed by atoms with van der Waals surface area (Å²) < 4.78 is 56.0. The molecule has 0 aromatic carbocycles. The molecule has 3 unspecified atom stereocenters. The average molecular weight is 515 g/mol. The van der Waals surface area contributed by atoms with Crippen molar-refractivity contribution in [2.75, 3.05) is 13.7 Å². The molecule has 0 bridgehead atoms. The van der Waals surface area contributed by atoms with Gasteiger partial charge in [-0.1, -0.05) is 0 Å². The fourth-order valence-electron chi connectivity index (χ4n) is 2.55. The van der Waals surface area contributed by atoms with E-state index in [0.717, 1.165) is 24.3 Å². The Morgan fingerprint density at radius 3 is 2.32 bits per heavy atom. The minimum Gasteiger partial charge on any atom is -0.387 e. The van der Waals surface area contributed by atoms with Crippen LogP contribution in [-0.2, 0) is 36.3 Å². The third-order valence-corrected chi connectivity index (χ3v) is 7.67. The van der Waals surface area contributed by atoms with Crippen LogP contribution in [0, 0.1) is 0 Å². The number of phosphoric acid groups is 3. The number of ether oxygens (including phenoxy) is 2. The van der Waals surface area contributed by atoms with E-state index in [1.165, 1.54) is 0 Å². The summed E-state index contributed by atoms with van der Waals surface area (Å²) >= 11 is 0. The van der Waals surface area contributed by atoms with Gasteiger partial charge in [-0.15, -0.1) is 0 Å². The molecule has 18 nitrogen and oxygen atoms in total. The van der Waals surface area contributed by atoms with Crippen LogP contribution in [0.3, 0.4) is 0 Å². The minimum absolute atomic E-state index is 0.794. The smallest absolute Gasteiger partial charge is 0.387 e. The Morgan fingerprint density at radius 2 is 1.81 bits per heavy atom. The molecule has 2 rings (SSSR count). The number of nitrogens with two attached hydrogens (primary N) is 1. The Morgan fingerprint density at radius 1 is 1.19 bits per heavy atom. The van der Waals surface area contributed by atoms with Gasteiger partial charge in [0.25, 0.3) is 0 Å². The molecule has 0 spiro atoms. The number of carbonyl (C=O) groups is 1. The number of aliphatic hydroxyl groups excluding tert-OH is 2. The first kappa shape index (κ1) is 26.5. The van der Waals surface area contributed by atoms with Crippen LogP contribution < -0.4 is 11.1 Å². The standard InChI is InChI=1S/C10H20N3O15P3/c1-24-10(4-25-30(20,21)28-31(22,23)27-29(17,18)19)7(11)6(15)8(26-10)13-3-2-5(14)12-9(13)16/h2-3,5-8,14-15H,4,11H2,1H3,(H,12,16)(H,20,21)(H,22,23)(H2,17,18,19)/t5?,6-,7+,8-,10-/m1/s1. The summed E-state index contributed by atoms with van der Waals surface area (Å²) in [5, 5.41) is 21.8. The summed E-state index contributed by atoms with van der Waals surface area (Å²) in [7, 11) is -15.9. The van der Waals surface area contributed by atoms with Crippen molar-refractivity contribution >= 4 is 29.5 Å². The van der Waals surface area contributed by atoms with E-state index in [-0.39, 0.29) is 0 Å². The second-order valence-electron chi connectivity index (χ2n) is 6.05. The van der Waals surface area contributed by atoms with Crippen molar-refractivity contribution in [3.63, 3.8) is 0 Å². The van der Waals surface area contributed by atoms with E-state index in [0.29, 0.717) is 0 Å². The third-order valence-electron chi connectivity index (χ3n) is 3.89. The molecule has 2 heterocycles. The van der Waals surface area contributed by atoms with Crippen LogP contribution in [0.25, 0.3) is 0 Å². The number of phosphoric ester groups is 1. The molecule has 9 N–H and O–H groups in total. The van der Waals surface area contributed by atoms with E-state index in [1.807, 2.05) is 0 Å². The number of nitrogens with zero attached hydrogens (tertiary/aromatic N) is 1. The van der Waals surface area contributed by atoms with Crippen molar-refractivity contribution in [2.45, 2.75) is 30.4 Å². The van der Waals surface area contributed by atoms with Gasteiger partial charge in [-0.25, -0.2) is 18.5 Å². The number of aliphatic hydroxyl groups is 2. The van der Waals surface area contributed by atoms with Gasteiger partial charge in [0.05, 0.1) is 6.04 Å². The van der Waals surface area contributed by atoms with Crippen LogP contribution in [0.5, 0.6) is 0 Å². The Balaban J connectivity index is 2.14. The van der Waals surface area contributed by atoms with Crippen LogP contribution in [0.2, 0.25) is 0 Å². The number of urea groups is 1. The van der Waals surface area contributed by atoms with Gasteiger partial charge < -0.3 is 50.3 Å². The van der Waals surface area contributed by atoms with Crippen molar-refractivity contribution in [2.24, 2.45) is 5.73 Å². The highest BCUT2D eigenvalue weighted by atomic mass is 31.3. The Kier molecular flexibility index (Phi) is 7.88. The van der Waals surface area contributed by atoms with Crippen molar-refractivity contribution in [3.8, 4) is 0 Å². The number of methoxy groups -OCH3 is 1. The maximum atomic E-state index is 12.0. The monoisotopic (exact) mass is 515 g/mol. The highest BCUT2D eigenvalue weighted by Gasteiger charge is 2.57. The van der Waals surface area contributed by atoms with E-state index < -0.39 is 66.5 Å². The molecule has 2 aliphatic heterocycles. The van der Waals surface area contributed by atoms with E-state index in [4.69, 9.17) is 29.9 Å². The second-order valence-corrected chi connectivity index (χ2v) is 10.5. The fraction of sp³-hybridized carbons (Fsp3) is 0.700. The number of hydrogen-bond donors (Lipinski definition) is 8. The van der Waals surface area contributed by atoms with Crippen molar-refractivity contribution in [3.05, 3.63) is 12.3 Å². The van der Waals surface area contributed by atoms with Gasteiger partial charge in [0.2, 0.25) is 5.79 Å². The van der Waals surface area contributed by atoms with Crippen molar-refractivity contribution in [1.82, 2.24) is 10.2 Å². The van der Waals surface area contributed by atoms with E-state index in [1.54, 1.807) is 0 Å². The molecule has 1 fully saturated rings. The van der Waals surface area contributed by atoms with E-state index >= 15 is 0 Å². The molecule has 0 radical (unpaired) electrons. The molecule has 2 amide bonds. The van der Waals surface area contributed by atoms with Crippen LogP contribution >= 0.6 is 23.5 Å². The topological polar surface area (TPSA) is 277 Å². The molecule has 1 saturated heterocycles. The average Bonchev–Trinajstić information content (AvgIpc) is 2.82. The largest absolute Gasteiger partial charge is 0.490 e. The summed E-state index contributed by atoms with van der Waals surface area (Å²) in [6.45, 7) is -1.14. The quantitative estimate of drug-likeness (QED) is 0.148.